The molecule has 114 heavy (non-hydrogen) atoms. The molecule has 0 bridgehead atoms. The Bertz CT molecular complexity index is 7440. The van der Waals surface area contributed by atoms with Gasteiger partial charge in [-0.2, -0.15) is 0 Å². The van der Waals surface area contributed by atoms with Crippen molar-refractivity contribution in [2.75, 3.05) is 0 Å². The smallest absolute Gasteiger partial charge is 0.0547 e. The molecule has 0 aliphatic carbocycles. The number of hydrogen-bond donors (Lipinski definition) is 0. The van der Waals surface area contributed by atoms with Crippen LogP contribution in [0.15, 0.2) is 438 Å². The summed E-state index contributed by atoms with van der Waals surface area (Å²) in [4.78, 5) is 0. The van der Waals surface area contributed by atoms with Crippen molar-refractivity contribution in [3.63, 3.8) is 0 Å². The van der Waals surface area contributed by atoms with Crippen LogP contribution in [0.25, 0.3) is 193 Å². The van der Waals surface area contributed by atoms with Gasteiger partial charge in [-0.25, -0.2) is 0 Å². The van der Waals surface area contributed by atoms with E-state index in [0.29, 0.717) is 0 Å². The monoisotopic (exact) mass is 1650 g/mol. The molecule has 3 aromatic heterocycles. The van der Waals surface area contributed by atoms with E-state index in [1.807, 2.05) is 0 Å². The summed E-state index contributed by atoms with van der Waals surface area (Å²) in [7, 11) is 0. The van der Waals surface area contributed by atoms with E-state index in [0.717, 1.165) is 19.1 Å². The first kappa shape index (κ1) is 70.0. The minimum absolute atomic E-state index is 1.09. The Morgan fingerprint density at radius 3 is 0.991 bits per heavy atom. The molecule has 0 fully saturated rings. The maximum Gasteiger partial charge on any atom is 0.0547 e. The Hall–Kier alpha value is -13.2. The van der Waals surface area contributed by atoms with E-state index in [1.54, 1.807) is 0 Å². The maximum absolute atomic E-state index is 3.72. The number of para-hydroxylation sites is 5. The van der Waals surface area contributed by atoms with Gasteiger partial charge in [-0.15, -0.1) is 0 Å². The van der Waals surface area contributed by atoms with Crippen LogP contribution in [0.1, 0.15) is 0 Å². The van der Waals surface area contributed by atoms with Crippen LogP contribution in [0.5, 0.6) is 0 Å². The first-order valence-corrected chi connectivity index (χ1v) is 40.9. The first-order chi connectivity index (χ1) is 56.2. The van der Waals surface area contributed by atoms with Gasteiger partial charge < -0.3 is 13.7 Å². The molecule has 0 amide bonds. The molecule has 3 nitrogen and oxygen atoms in total. The molecule has 0 aliphatic rings. The predicted octanol–water partition coefficient (Wildman–Crippen LogP) is 31.8. The Morgan fingerprint density at radius 1 is 0.149 bits per heavy atom. The predicted molar refractivity (Wildman–Crippen MR) is 496 cm³/mol. The molecule has 0 spiro atoms. The van der Waals surface area contributed by atoms with Crippen molar-refractivity contribution < 1.29 is 0 Å². The topological polar surface area (TPSA) is 14.8 Å². The zero-order chi connectivity index (χ0) is 76.2. The second-order valence-electron chi connectivity index (χ2n) is 29.1. The van der Waals surface area contributed by atoms with Crippen LogP contribution < -0.4 is 0 Å². The molecule has 19 aromatic carbocycles. The van der Waals surface area contributed by atoms with Gasteiger partial charge in [0.2, 0.25) is 0 Å². The summed E-state index contributed by atoms with van der Waals surface area (Å²) in [6.45, 7) is 0. The molecule has 0 atom stereocenters. The molecule has 538 valence electrons. The van der Waals surface area contributed by atoms with Crippen molar-refractivity contribution in [2.24, 2.45) is 0 Å². The molecule has 0 saturated carbocycles. The average Bonchev–Trinajstić information content (AvgIpc) is 1.59. The van der Waals surface area contributed by atoms with Crippen molar-refractivity contribution in [1.29, 1.82) is 0 Å². The lowest BCUT2D eigenvalue weighted by molar-refractivity contribution is 1.18. The van der Waals surface area contributed by atoms with E-state index in [1.165, 1.54) is 187 Å². The van der Waals surface area contributed by atoms with Gasteiger partial charge in [0, 0.05) is 62.8 Å². The second kappa shape index (κ2) is 30.1. The Morgan fingerprint density at radius 2 is 0.465 bits per heavy atom. The largest absolute Gasteiger partial charge is 0.309 e. The standard InChI is InChI=1S/C40H26BrN.2C34H22BrN/c41-33-20-16-27(17-21-33)29-10-6-11-30(24-29)31-18-22-37-38-23-19-32(36-15-7-9-28-8-4-5-14-35(28)36)26-40(38)42(39(37)25-31)34-12-2-1-3-13-34;35-32-20-19-27(28-13-4-5-14-29(28)32)25-10-8-9-23(21-25)24-17-18-31-30-15-6-7-16-33(30)36(34(31)22-24)26-11-2-1-3-12-26;35-29-17-15-26-20-25(13-14-27(26)21-29)23-7-6-8-24(19-23)28-16-18-32-31-11-4-5-12-33(31)36(34(32)22-28)30-9-2-1-3-10-30/h1-26H;2*1-22H. The van der Waals surface area contributed by atoms with Crippen molar-refractivity contribution in [2.45, 2.75) is 0 Å². The third-order valence-corrected chi connectivity index (χ3v) is 24.1. The Labute approximate surface area is 686 Å². The summed E-state index contributed by atoms with van der Waals surface area (Å²) in [5, 5.41) is 15.1. The molecule has 0 unspecified atom stereocenters. The van der Waals surface area contributed by atoms with E-state index < -0.39 is 0 Å². The van der Waals surface area contributed by atoms with Crippen LogP contribution in [-0.2, 0) is 0 Å². The van der Waals surface area contributed by atoms with Crippen molar-refractivity contribution >= 4 is 146 Å². The lowest BCUT2D eigenvalue weighted by atomic mass is 9.95. The quantitative estimate of drug-likeness (QED) is 0.130. The minimum atomic E-state index is 1.09. The van der Waals surface area contributed by atoms with Gasteiger partial charge in [-0.1, -0.05) is 345 Å². The zero-order valence-corrected chi connectivity index (χ0v) is 66.6. The number of aromatic nitrogens is 3. The summed E-state index contributed by atoms with van der Waals surface area (Å²) < 4.78 is 10.5. The second-order valence-corrected chi connectivity index (χ2v) is 31.8. The molecule has 3 heterocycles. The fourth-order valence-corrected chi connectivity index (χ4v) is 18.0. The summed E-state index contributed by atoms with van der Waals surface area (Å²) in [5.41, 5.74) is 27.9. The minimum Gasteiger partial charge on any atom is -0.309 e. The van der Waals surface area contributed by atoms with Gasteiger partial charge in [0.1, 0.15) is 0 Å². The van der Waals surface area contributed by atoms with Crippen molar-refractivity contribution in [3.05, 3.63) is 438 Å². The Balaban J connectivity index is 0.000000111. The lowest BCUT2D eigenvalue weighted by Crippen LogP contribution is -1.94. The van der Waals surface area contributed by atoms with Crippen molar-refractivity contribution in [1.82, 2.24) is 13.7 Å². The highest BCUT2D eigenvalue weighted by molar-refractivity contribution is 9.11. The molecular weight excluding hydrogens is 1580 g/mol. The van der Waals surface area contributed by atoms with E-state index in [-0.39, 0.29) is 0 Å². The van der Waals surface area contributed by atoms with Gasteiger partial charge in [-0.05, 0) is 238 Å². The van der Waals surface area contributed by atoms with E-state index in [9.17, 15) is 0 Å². The molecule has 0 saturated heterocycles. The van der Waals surface area contributed by atoms with Crippen LogP contribution in [0.3, 0.4) is 0 Å². The molecule has 22 rings (SSSR count). The highest BCUT2D eigenvalue weighted by Crippen LogP contribution is 2.43. The number of rotatable bonds is 10. The number of benzene rings is 19. The van der Waals surface area contributed by atoms with Crippen molar-refractivity contribution in [3.8, 4) is 95.0 Å². The SMILES string of the molecule is Brc1ccc(-c2cccc(-c3ccc4c5ccc(-c6cccc7ccccc67)cc5n(-c5ccccc5)c4c3)c2)cc1.Brc1ccc(-c2cccc(-c3ccc4c5ccccc5n(-c5ccccc5)c4c3)c2)c2ccccc12.Brc1ccc2cc(-c3cccc(-c4ccc5c6ccccc6n(-c6ccccc6)c5c4)c3)ccc2c1. The normalized spacial score (nSPS) is 11.5. The van der Waals surface area contributed by atoms with Crippen LogP contribution in [-0.4, -0.2) is 13.7 Å². The van der Waals surface area contributed by atoms with Crippen LogP contribution in [0.4, 0.5) is 0 Å². The van der Waals surface area contributed by atoms with E-state index >= 15 is 0 Å². The molecule has 22 aromatic rings. The average molecular weight is 1650 g/mol. The van der Waals surface area contributed by atoms with E-state index in [4.69, 9.17) is 0 Å². The van der Waals surface area contributed by atoms with Crippen LogP contribution >= 0.6 is 47.8 Å². The molecule has 6 heteroatoms. The first-order valence-electron chi connectivity index (χ1n) is 38.5. The summed E-state index contributed by atoms with van der Waals surface area (Å²) in [6, 6.07) is 153. The van der Waals surface area contributed by atoms with Gasteiger partial charge >= 0.3 is 0 Å². The zero-order valence-electron chi connectivity index (χ0n) is 61.9. The van der Waals surface area contributed by atoms with Gasteiger partial charge in [0.15, 0.2) is 0 Å². The summed E-state index contributed by atoms with van der Waals surface area (Å²) in [5.74, 6) is 0. The van der Waals surface area contributed by atoms with Crippen LogP contribution in [0.2, 0.25) is 0 Å². The highest BCUT2D eigenvalue weighted by atomic mass is 79.9. The number of fused-ring (bicyclic) bond motifs is 12. The highest BCUT2D eigenvalue weighted by Gasteiger charge is 2.20. The summed E-state index contributed by atoms with van der Waals surface area (Å²) >= 11 is 10.9. The van der Waals surface area contributed by atoms with Crippen LogP contribution in [0, 0.1) is 0 Å². The molecule has 0 aliphatic heterocycles. The van der Waals surface area contributed by atoms with E-state index in [2.05, 4.69) is 486 Å². The fourth-order valence-electron chi connectivity index (χ4n) is 16.9. The van der Waals surface area contributed by atoms with Gasteiger partial charge in [0.05, 0.1) is 33.1 Å². The molecular formula is C108H70Br3N3. The Kier molecular flexibility index (Phi) is 18.5. The molecule has 0 N–H and O–H groups in total. The van der Waals surface area contributed by atoms with Gasteiger partial charge in [-0.3, -0.25) is 0 Å². The molecule has 0 radical (unpaired) electrons. The maximum atomic E-state index is 3.72. The third kappa shape index (κ3) is 13.2. The van der Waals surface area contributed by atoms with Gasteiger partial charge in [0.25, 0.3) is 0 Å². The lowest BCUT2D eigenvalue weighted by Gasteiger charge is -2.11. The fraction of sp³-hybridized carbons (Fsp3) is 0. The number of hydrogen-bond acceptors (Lipinski definition) is 0. The third-order valence-electron chi connectivity index (χ3n) is 22.3. The summed E-state index contributed by atoms with van der Waals surface area (Å²) in [6.07, 6.45) is 0. The number of halogens is 3. The number of nitrogens with zero attached hydrogens (tertiary/aromatic N) is 3.